The molecule has 0 spiro atoms. The molecule has 1 unspecified atom stereocenters. The molecule has 1 fully saturated rings. The van der Waals surface area contributed by atoms with Gasteiger partial charge in [-0.25, -0.2) is 4.79 Å². The molecular formula is C32H33N3O7. The molecule has 5 rings (SSSR count). The molecule has 0 radical (unpaired) electrons. The number of nitrogen functional groups attached to an aromatic ring is 1. The van der Waals surface area contributed by atoms with Crippen LogP contribution in [0.5, 0.6) is 11.5 Å². The average Bonchev–Trinajstić information content (AvgIpc) is 3.40. The van der Waals surface area contributed by atoms with Crippen LogP contribution in [0.15, 0.2) is 95.9 Å². The number of aromatic nitrogens is 2. The van der Waals surface area contributed by atoms with E-state index in [-0.39, 0.29) is 18.7 Å². The number of benzene rings is 3. The van der Waals surface area contributed by atoms with E-state index in [0.29, 0.717) is 22.6 Å². The van der Waals surface area contributed by atoms with Gasteiger partial charge in [0.1, 0.15) is 35.8 Å². The highest BCUT2D eigenvalue weighted by Gasteiger charge is 2.47. The second kappa shape index (κ2) is 12.2. The SMILES string of the molecule is COc1ccccc1C(CC(=O)C(O)[C@H]1O[C@@H](n2ccc(N)nc2=O)C[C@@H]1O)(c1ccccc1)c1ccccc1OC. The van der Waals surface area contributed by atoms with E-state index in [4.69, 9.17) is 19.9 Å². The van der Waals surface area contributed by atoms with Gasteiger partial charge in [-0.3, -0.25) is 9.36 Å². The second-order valence-electron chi connectivity index (χ2n) is 10.2. The summed E-state index contributed by atoms with van der Waals surface area (Å²) in [5, 5.41) is 22.3. The second-order valence-corrected chi connectivity index (χ2v) is 10.2. The summed E-state index contributed by atoms with van der Waals surface area (Å²) in [5.74, 6) is 0.554. The first kappa shape index (κ1) is 29.0. The Morgan fingerprint density at radius 3 is 2.14 bits per heavy atom. The van der Waals surface area contributed by atoms with E-state index in [1.54, 1.807) is 14.2 Å². The van der Waals surface area contributed by atoms with Crippen molar-refractivity contribution in [3.8, 4) is 11.5 Å². The molecule has 10 nitrogen and oxygen atoms in total. The number of aliphatic hydroxyl groups is 2. The number of methoxy groups -OCH3 is 2. The zero-order chi connectivity index (χ0) is 29.9. The fourth-order valence-electron chi connectivity index (χ4n) is 5.79. The molecule has 4 atom stereocenters. The molecule has 1 aliphatic rings. The number of nitrogens with zero attached hydrogens (tertiary/aromatic N) is 2. The number of hydrogen-bond donors (Lipinski definition) is 3. The minimum absolute atomic E-state index is 0.0244. The first-order valence-electron chi connectivity index (χ1n) is 13.5. The molecule has 42 heavy (non-hydrogen) atoms. The Morgan fingerprint density at radius 1 is 1.00 bits per heavy atom. The monoisotopic (exact) mass is 571 g/mol. The van der Waals surface area contributed by atoms with Gasteiger partial charge in [0.15, 0.2) is 5.78 Å². The van der Waals surface area contributed by atoms with E-state index in [0.717, 1.165) is 5.56 Å². The smallest absolute Gasteiger partial charge is 0.351 e. The lowest BCUT2D eigenvalue weighted by molar-refractivity contribution is -0.142. The maximum atomic E-state index is 14.1. The minimum atomic E-state index is -1.71. The predicted octanol–water partition coefficient (Wildman–Crippen LogP) is 2.85. The maximum Gasteiger partial charge on any atom is 0.351 e. The third-order valence-corrected chi connectivity index (χ3v) is 7.78. The first-order valence-corrected chi connectivity index (χ1v) is 13.5. The van der Waals surface area contributed by atoms with Crippen LogP contribution in [0.25, 0.3) is 0 Å². The van der Waals surface area contributed by atoms with Gasteiger partial charge in [-0.15, -0.1) is 0 Å². The lowest BCUT2D eigenvalue weighted by atomic mass is 9.65. The average molecular weight is 572 g/mol. The summed E-state index contributed by atoms with van der Waals surface area (Å²) in [4.78, 5) is 30.2. The van der Waals surface area contributed by atoms with Gasteiger partial charge in [0.2, 0.25) is 0 Å². The van der Waals surface area contributed by atoms with Gasteiger partial charge < -0.3 is 30.2 Å². The van der Waals surface area contributed by atoms with Crippen molar-refractivity contribution in [2.75, 3.05) is 20.0 Å². The quantitative estimate of drug-likeness (QED) is 0.245. The van der Waals surface area contributed by atoms with Crippen LogP contribution in [-0.4, -0.2) is 58.1 Å². The van der Waals surface area contributed by atoms with Gasteiger partial charge in [0.25, 0.3) is 0 Å². The molecule has 2 heterocycles. The predicted molar refractivity (Wildman–Crippen MR) is 155 cm³/mol. The highest BCUT2D eigenvalue weighted by molar-refractivity contribution is 5.87. The summed E-state index contributed by atoms with van der Waals surface area (Å²) in [6.07, 6.45) is -3.99. The summed E-state index contributed by atoms with van der Waals surface area (Å²) in [6, 6.07) is 25.7. The normalized spacial score (nSPS) is 19.3. The van der Waals surface area contributed by atoms with Crippen LogP contribution in [-0.2, 0) is 14.9 Å². The van der Waals surface area contributed by atoms with Gasteiger partial charge in [-0.1, -0.05) is 66.7 Å². The van der Waals surface area contributed by atoms with Crippen molar-refractivity contribution >= 4 is 11.6 Å². The number of rotatable bonds is 10. The van der Waals surface area contributed by atoms with Crippen molar-refractivity contribution in [2.24, 2.45) is 0 Å². The molecule has 4 N–H and O–H groups in total. The first-order chi connectivity index (χ1) is 20.3. The standard InChI is InChI=1S/C32H33N3O7/c1-40-25-14-8-6-12-21(25)32(20-10-4-3-5-11-20,22-13-7-9-15-26(22)41-2)19-24(37)29(38)30-23(36)18-28(42-30)35-17-16-27(33)34-31(35)39/h3-17,23,28-30,36,38H,18-19H2,1-2H3,(H2,33,34,39)/t23-,28+,29?,30-/m0/s1. The summed E-state index contributed by atoms with van der Waals surface area (Å²) < 4.78 is 18.6. The van der Waals surface area contributed by atoms with Gasteiger partial charge in [0, 0.05) is 30.2 Å². The summed E-state index contributed by atoms with van der Waals surface area (Å²) in [6.45, 7) is 0. The number of para-hydroxylation sites is 2. The third kappa shape index (κ3) is 5.27. The van der Waals surface area contributed by atoms with Crippen molar-refractivity contribution in [3.05, 3.63) is 118 Å². The van der Waals surface area contributed by atoms with Gasteiger partial charge in [0.05, 0.1) is 25.7 Å². The number of carbonyl (C=O) groups is 1. The Morgan fingerprint density at radius 2 is 1.57 bits per heavy atom. The number of hydrogen-bond acceptors (Lipinski definition) is 9. The van der Waals surface area contributed by atoms with Gasteiger partial charge in [-0.05, 0) is 23.8 Å². The highest BCUT2D eigenvalue weighted by atomic mass is 16.5. The fraction of sp³-hybridized carbons (Fsp3) is 0.281. The fourth-order valence-corrected chi connectivity index (χ4v) is 5.79. The van der Waals surface area contributed by atoms with E-state index in [1.165, 1.54) is 16.8 Å². The summed E-state index contributed by atoms with van der Waals surface area (Å²) >= 11 is 0. The largest absolute Gasteiger partial charge is 0.496 e. The molecule has 10 heteroatoms. The van der Waals surface area contributed by atoms with Crippen LogP contribution in [0.4, 0.5) is 5.82 Å². The molecule has 0 aliphatic carbocycles. The Hall–Kier alpha value is -4.51. The number of ketones is 1. The topological polar surface area (TPSA) is 146 Å². The zero-order valence-corrected chi connectivity index (χ0v) is 23.3. The van der Waals surface area contributed by atoms with Crippen LogP contribution in [0.2, 0.25) is 0 Å². The Bertz CT molecular complexity index is 1560. The molecule has 1 saturated heterocycles. The highest BCUT2D eigenvalue weighted by Crippen LogP contribution is 2.49. The Kier molecular flexibility index (Phi) is 8.39. The van der Waals surface area contributed by atoms with E-state index in [2.05, 4.69) is 4.98 Å². The van der Waals surface area contributed by atoms with Crippen molar-refractivity contribution in [3.63, 3.8) is 0 Å². The number of Topliss-reactive ketones (excluding diaryl/α,β-unsaturated/α-hetero) is 1. The van der Waals surface area contributed by atoms with Crippen LogP contribution in [0.1, 0.15) is 35.8 Å². The van der Waals surface area contributed by atoms with Crippen molar-refractivity contribution in [2.45, 2.75) is 42.8 Å². The summed E-state index contributed by atoms with van der Waals surface area (Å²) in [7, 11) is 3.12. The number of nitrogens with two attached hydrogens (primary N) is 1. The van der Waals surface area contributed by atoms with Crippen LogP contribution in [0, 0.1) is 0 Å². The van der Waals surface area contributed by atoms with Crippen molar-refractivity contribution in [1.82, 2.24) is 9.55 Å². The molecule has 4 aromatic rings. The molecule has 1 aromatic heterocycles. The lowest BCUT2D eigenvalue weighted by Gasteiger charge is -2.38. The van der Waals surface area contributed by atoms with Crippen molar-refractivity contribution in [1.29, 1.82) is 0 Å². The van der Waals surface area contributed by atoms with E-state index >= 15 is 0 Å². The number of ether oxygens (including phenoxy) is 3. The number of carbonyl (C=O) groups excluding carboxylic acids is 1. The molecule has 218 valence electrons. The number of anilines is 1. The summed E-state index contributed by atoms with van der Waals surface area (Å²) in [5.41, 5.74) is 5.91. The Balaban J connectivity index is 1.59. The molecule has 3 aromatic carbocycles. The number of aliphatic hydroxyl groups excluding tert-OH is 2. The van der Waals surface area contributed by atoms with E-state index in [1.807, 2.05) is 78.9 Å². The van der Waals surface area contributed by atoms with Gasteiger partial charge in [-0.2, -0.15) is 4.98 Å². The molecular weight excluding hydrogens is 538 g/mol. The molecule has 0 saturated carbocycles. The van der Waals surface area contributed by atoms with Gasteiger partial charge >= 0.3 is 5.69 Å². The lowest BCUT2D eigenvalue weighted by Crippen LogP contribution is -2.44. The zero-order valence-electron chi connectivity index (χ0n) is 23.3. The molecule has 0 amide bonds. The van der Waals surface area contributed by atoms with Crippen LogP contribution < -0.4 is 20.9 Å². The maximum absolute atomic E-state index is 14.1. The van der Waals surface area contributed by atoms with Crippen LogP contribution in [0.3, 0.4) is 0 Å². The van der Waals surface area contributed by atoms with Crippen LogP contribution >= 0.6 is 0 Å². The molecule has 1 aliphatic heterocycles. The van der Waals surface area contributed by atoms with E-state index < -0.39 is 41.4 Å². The van der Waals surface area contributed by atoms with Crippen molar-refractivity contribution < 1.29 is 29.2 Å². The minimum Gasteiger partial charge on any atom is -0.496 e. The third-order valence-electron chi connectivity index (χ3n) is 7.78. The Labute approximate surface area is 242 Å². The van der Waals surface area contributed by atoms with E-state index in [9.17, 15) is 19.8 Å². The molecule has 0 bridgehead atoms.